The molecule has 0 aliphatic rings. The van der Waals surface area contributed by atoms with Gasteiger partial charge in [0.2, 0.25) is 0 Å². The SMILES string of the molecule is Ic1cccc(OCc2ccnc3ccccc23)c1. The lowest BCUT2D eigenvalue weighted by atomic mass is 10.1. The zero-order valence-corrected chi connectivity index (χ0v) is 12.4. The Balaban J connectivity index is 1.86. The number of hydrogen-bond acceptors (Lipinski definition) is 2. The molecule has 2 aromatic carbocycles. The summed E-state index contributed by atoms with van der Waals surface area (Å²) in [7, 11) is 0. The Morgan fingerprint density at radius 2 is 1.89 bits per heavy atom. The molecule has 3 aromatic rings. The van der Waals surface area contributed by atoms with Crippen LogP contribution in [-0.2, 0) is 6.61 Å². The van der Waals surface area contributed by atoms with Crippen molar-refractivity contribution in [2.24, 2.45) is 0 Å². The first-order chi connectivity index (χ1) is 9.33. The van der Waals surface area contributed by atoms with Crippen molar-refractivity contribution in [2.45, 2.75) is 6.61 Å². The largest absolute Gasteiger partial charge is 0.489 e. The van der Waals surface area contributed by atoms with Gasteiger partial charge in [-0.05, 0) is 52.9 Å². The van der Waals surface area contributed by atoms with Gasteiger partial charge in [-0.3, -0.25) is 4.98 Å². The van der Waals surface area contributed by atoms with E-state index >= 15 is 0 Å². The highest BCUT2D eigenvalue weighted by Crippen LogP contribution is 2.20. The quantitative estimate of drug-likeness (QED) is 0.645. The van der Waals surface area contributed by atoms with E-state index in [9.17, 15) is 0 Å². The molecule has 19 heavy (non-hydrogen) atoms. The number of fused-ring (bicyclic) bond motifs is 1. The fraction of sp³-hybridized carbons (Fsp3) is 0.0625. The van der Waals surface area contributed by atoms with Gasteiger partial charge < -0.3 is 4.74 Å². The molecule has 0 saturated heterocycles. The summed E-state index contributed by atoms with van der Waals surface area (Å²) < 4.78 is 7.02. The predicted octanol–water partition coefficient (Wildman–Crippen LogP) is 4.42. The third-order valence-corrected chi connectivity index (χ3v) is 3.60. The molecule has 0 bridgehead atoms. The Kier molecular flexibility index (Phi) is 3.64. The molecule has 0 spiro atoms. The number of aromatic nitrogens is 1. The second-order valence-corrected chi connectivity index (χ2v) is 5.48. The smallest absolute Gasteiger partial charge is 0.120 e. The van der Waals surface area contributed by atoms with E-state index < -0.39 is 0 Å². The maximum atomic E-state index is 5.85. The maximum absolute atomic E-state index is 5.85. The van der Waals surface area contributed by atoms with Crippen LogP contribution in [-0.4, -0.2) is 4.98 Å². The zero-order chi connectivity index (χ0) is 13.1. The third kappa shape index (κ3) is 2.87. The highest BCUT2D eigenvalue weighted by molar-refractivity contribution is 14.1. The number of para-hydroxylation sites is 1. The van der Waals surface area contributed by atoms with E-state index in [0.29, 0.717) is 6.61 Å². The Hall–Kier alpha value is -1.62. The van der Waals surface area contributed by atoms with E-state index in [4.69, 9.17) is 4.74 Å². The van der Waals surface area contributed by atoms with Crippen LogP contribution in [0.15, 0.2) is 60.8 Å². The molecule has 0 radical (unpaired) electrons. The van der Waals surface area contributed by atoms with Crippen molar-refractivity contribution in [1.29, 1.82) is 0 Å². The molecule has 1 heterocycles. The van der Waals surface area contributed by atoms with E-state index in [1.54, 1.807) is 0 Å². The average molecular weight is 361 g/mol. The van der Waals surface area contributed by atoms with Crippen molar-refractivity contribution in [1.82, 2.24) is 4.98 Å². The van der Waals surface area contributed by atoms with Gasteiger partial charge in [0.05, 0.1) is 5.52 Å². The topological polar surface area (TPSA) is 22.1 Å². The minimum Gasteiger partial charge on any atom is -0.489 e. The molecule has 0 aliphatic heterocycles. The predicted molar refractivity (Wildman–Crippen MR) is 85.2 cm³/mol. The Labute approximate surface area is 125 Å². The van der Waals surface area contributed by atoms with Gasteiger partial charge in [-0.25, -0.2) is 0 Å². The van der Waals surface area contributed by atoms with Gasteiger partial charge in [0.25, 0.3) is 0 Å². The van der Waals surface area contributed by atoms with Crippen LogP contribution in [0.3, 0.4) is 0 Å². The first kappa shape index (κ1) is 12.4. The van der Waals surface area contributed by atoms with Gasteiger partial charge in [0, 0.05) is 20.7 Å². The highest BCUT2D eigenvalue weighted by Gasteiger charge is 2.02. The first-order valence-electron chi connectivity index (χ1n) is 6.04. The second-order valence-electron chi connectivity index (χ2n) is 4.23. The van der Waals surface area contributed by atoms with E-state index in [-0.39, 0.29) is 0 Å². The van der Waals surface area contributed by atoms with Crippen LogP contribution in [0.2, 0.25) is 0 Å². The Morgan fingerprint density at radius 3 is 2.79 bits per heavy atom. The van der Waals surface area contributed by atoms with Crippen molar-refractivity contribution in [3.63, 3.8) is 0 Å². The molecule has 0 aliphatic carbocycles. The third-order valence-electron chi connectivity index (χ3n) is 2.93. The summed E-state index contributed by atoms with van der Waals surface area (Å²) >= 11 is 2.28. The van der Waals surface area contributed by atoms with Crippen LogP contribution in [0, 0.1) is 3.57 Å². The molecule has 94 valence electrons. The minimum atomic E-state index is 0.559. The van der Waals surface area contributed by atoms with Gasteiger partial charge in [-0.2, -0.15) is 0 Å². The summed E-state index contributed by atoms with van der Waals surface area (Å²) in [4.78, 5) is 4.35. The van der Waals surface area contributed by atoms with E-state index in [1.807, 2.05) is 48.7 Å². The molecule has 3 heteroatoms. The zero-order valence-electron chi connectivity index (χ0n) is 10.2. The second kappa shape index (κ2) is 5.57. The molecule has 0 unspecified atom stereocenters. The normalized spacial score (nSPS) is 10.6. The summed E-state index contributed by atoms with van der Waals surface area (Å²) in [6.07, 6.45) is 1.83. The van der Waals surface area contributed by atoms with Gasteiger partial charge >= 0.3 is 0 Å². The van der Waals surface area contributed by atoms with E-state index in [2.05, 4.69) is 39.7 Å². The molecular weight excluding hydrogens is 349 g/mol. The van der Waals surface area contributed by atoms with Crippen LogP contribution in [0.25, 0.3) is 10.9 Å². The molecule has 2 nitrogen and oxygen atoms in total. The lowest BCUT2D eigenvalue weighted by Crippen LogP contribution is -1.97. The van der Waals surface area contributed by atoms with Gasteiger partial charge in [0.15, 0.2) is 0 Å². The van der Waals surface area contributed by atoms with E-state index in [0.717, 1.165) is 22.2 Å². The summed E-state index contributed by atoms with van der Waals surface area (Å²) in [6, 6.07) is 18.2. The van der Waals surface area contributed by atoms with E-state index in [1.165, 1.54) is 3.57 Å². The molecule has 0 amide bonds. The summed E-state index contributed by atoms with van der Waals surface area (Å²) in [5, 5.41) is 1.15. The van der Waals surface area contributed by atoms with Crippen molar-refractivity contribution in [3.8, 4) is 5.75 Å². The van der Waals surface area contributed by atoms with Crippen molar-refractivity contribution in [3.05, 3.63) is 69.9 Å². The number of nitrogens with zero attached hydrogens (tertiary/aromatic N) is 1. The van der Waals surface area contributed by atoms with Crippen molar-refractivity contribution in [2.75, 3.05) is 0 Å². The van der Waals surface area contributed by atoms with Crippen LogP contribution < -0.4 is 4.74 Å². The fourth-order valence-electron chi connectivity index (χ4n) is 2.00. The lowest BCUT2D eigenvalue weighted by molar-refractivity contribution is 0.307. The maximum Gasteiger partial charge on any atom is 0.120 e. The minimum absolute atomic E-state index is 0.559. The number of rotatable bonds is 3. The average Bonchev–Trinajstić information content (AvgIpc) is 2.45. The monoisotopic (exact) mass is 361 g/mol. The number of pyridine rings is 1. The lowest BCUT2D eigenvalue weighted by Gasteiger charge is -2.08. The number of hydrogen-bond donors (Lipinski definition) is 0. The molecular formula is C16H12INO. The Bertz CT molecular complexity index is 706. The standard InChI is InChI=1S/C16H12INO/c17-13-4-3-5-14(10-13)19-11-12-8-9-18-16-7-2-1-6-15(12)16/h1-10H,11H2. The molecule has 0 N–H and O–H groups in total. The van der Waals surface area contributed by atoms with Crippen LogP contribution in [0.4, 0.5) is 0 Å². The van der Waals surface area contributed by atoms with Crippen LogP contribution in [0.1, 0.15) is 5.56 Å². The molecule has 3 rings (SSSR count). The Morgan fingerprint density at radius 1 is 1.00 bits per heavy atom. The highest BCUT2D eigenvalue weighted by atomic mass is 127. The molecule has 0 fully saturated rings. The summed E-state index contributed by atoms with van der Waals surface area (Å²) in [5.41, 5.74) is 2.16. The van der Waals surface area contributed by atoms with Crippen LogP contribution in [0.5, 0.6) is 5.75 Å². The first-order valence-corrected chi connectivity index (χ1v) is 7.12. The van der Waals surface area contributed by atoms with Gasteiger partial charge in [-0.1, -0.05) is 24.3 Å². The van der Waals surface area contributed by atoms with Gasteiger partial charge in [0.1, 0.15) is 12.4 Å². The fourth-order valence-corrected chi connectivity index (χ4v) is 2.51. The number of halogens is 1. The molecule has 0 saturated carbocycles. The van der Waals surface area contributed by atoms with Gasteiger partial charge in [-0.15, -0.1) is 0 Å². The van der Waals surface area contributed by atoms with Crippen LogP contribution >= 0.6 is 22.6 Å². The van der Waals surface area contributed by atoms with Crippen molar-refractivity contribution >= 4 is 33.5 Å². The number of ether oxygens (including phenoxy) is 1. The summed E-state index contributed by atoms with van der Waals surface area (Å²) in [6.45, 7) is 0.559. The number of benzene rings is 2. The molecule has 1 aromatic heterocycles. The molecule has 0 atom stereocenters. The van der Waals surface area contributed by atoms with Crippen molar-refractivity contribution < 1.29 is 4.74 Å². The summed E-state index contributed by atoms with van der Waals surface area (Å²) in [5.74, 6) is 0.896.